The van der Waals surface area contributed by atoms with Crippen LogP contribution in [-0.2, 0) is 11.3 Å². The average Bonchev–Trinajstić information content (AvgIpc) is 2.88. The SMILES string of the molecule is CCC(C)(NC(=O)NCc1csc2ccccc12)C(=O)O. The van der Waals surface area contributed by atoms with Crippen molar-refractivity contribution >= 4 is 33.4 Å². The van der Waals surface area contributed by atoms with Crippen molar-refractivity contribution < 1.29 is 14.7 Å². The number of fused-ring (bicyclic) bond motifs is 1. The summed E-state index contributed by atoms with van der Waals surface area (Å²) >= 11 is 1.62. The monoisotopic (exact) mass is 306 g/mol. The van der Waals surface area contributed by atoms with E-state index in [2.05, 4.69) is 10.6 Å². The van der Waals surface area contributed by atoms with Crippen LogP contribution in [0.15, 0.2) is 29.6 Å². The van der Waals surface area contributed by atoms with Crippen molar-refractivity contribution in [1.29, 1.82) is 0 Å². The second-order valence-electron chi connectivity index (χ2n) is 5.06. The molecule has 2 aromatic rings. The number of urea groups is 1. The van der Waals surface area contributed by atoms with E-state index < -0.39 is 17.5 Å². The maximum atomic E-state index is 11.9. The van der Waals surface area contributed by atoms with Crippen LogP contribution >= 0.6 is 11.3 Å². The number of hydrogen-bond acceptors (Lipinski definition) is 3. The van der Waals surface area contributed by atoms with Crippen LogP contribution in [0.25, 0.3) is 10.1 Å². The molecule has 2 amide bonds. The summed E-state index contributed by atoms with van der Waals surface area (Å²) in [6, 6.07) is 7.49. The molecule has 5 nitrogen and oxygen atoms in total. The molecule has 112 valence electrons. The molecule has 2 rings (SSSR count). The molecule has 3 N–H and O–H groups in total. The molecule has 0 saturated carbocycles. The number of rotatable bonds is 5. The number of aliphatic carboxylic acids is 1. The van der Waals surface area contributed by atoms with Gasteiger partial charge in [0, 0.05) is 11.2 Å². The van der Waals surface area contributed by atoms with Gasteiger partial charge >= 0.3 is 12.0 Å². The zero-order valence-electron chi connectivity index (χ0n) is 12.0. The summed E-state index contributed by atoms with van der Waals surface area (Å²) in [5, 5.41) is 17.5. The van der Waals surface area contributed by atoms with Gasteiger partial charge in [0.05, 0.1) is 0 Å². The van der Waals surface area contributed by atoms with E-state index in [1.807, 2.05) is 29.6 Å². The molecule has 0 aliphatic heterocycles. The highest BCUT2D eigenvalue weighted by molar-refractivity contribution is 7.17. The maximum absolute atomic E-state index is 11.9. The van der Waals surface area contributed by atoms with Crippen LogP contribution in [0.5, 0.6) is 0 Å². The third kappa shape index (κ3) is 3.33. The summed E-state index contributed by atoms with van der Waals surface area (Å²) in [6.07, 6.45) is 0.317. The van der Waals surface area contributed by atoms with Gasteiger partial charge in [0.2, 0.25) is 0 Å². The van der Waals surface area contributed by atoms with E-state index in [4.69, 9.17) is 5.11 Å². The Kier molecular flexibility index (Phi) is 4.47. The van der Waals surface area contributed by atoms with Gasteiger partial charge in [-0.2, -0.15) is 0 Å². The van der Waals surface area contributed by atoms with Crippen molar-refractivity contribution in [2.45, 2.75) is 32.4 Å². The average molecular weight is 306 g/mol. The molecule has 1 unspecified atom stereocenters. The third-order valence-corrected chi connectivity index (χ3v) is 4.58. The Morgan fingerprint density at radius 3 is 2.71 bits per heavy atom. The van der Waals surface area contributed by atoms with Gasteiger partial charge in [-0.15, -0.1) is 11.3 Å². The van der Waals surface area contributed by atoms with Crippen LogP contribution in [0.1, 0.15) is 25.8 Å². The first-order chi connectivity index (χ1) is 9.96. The number of carbonyl (C=O) groups is 2. The van der Waals surface area contributed by atoms with Crippen LogP contribution in [0, 0.1) is 0 Å². The quantitative estimate of drug-likeness (QED) is 0.794. The Labute approximate surface area is 127 Å². The van der Waals surface area contributed by atoms with Crippen molar-refractivity contribution in [2.24, 2.45) is 0 Å². The van der Waals surface area contributed by atoms with Crippen molar-refractivity contribution in [3.8, 4) is 0 Å². The van der Waals surface area contributed by atoms with Gasteiger partial charge < -0.3 is 15.7 Å². The zero-order chi connectivity index (χ0) is 15.5. The van der Waals surface area contributed by atoms with Gasteiger partial charge in [-0.05, 0) is 35.7 Å². The molecule has 1 aromatic carbocycles. The van der Waals surface area contributed by atoms with Gasteiger partial charge in [0.25, 0.3) is 0 Å². The molecule has 21 heavy (non-hydrogen) atoms. The highest BCUT2D eigenvalue weighted by Gasteiger charge is 2.32. The van der Waals surface area contributed by atoms with E-state index in [9.17, 15) is 9.59 Å². The van der Waals surface area contributed by atoms with E-state index in [1.54, 1.807) is 18.3 Å². The van der Waals surface area contributed by atoms with Crippen molar-refractivity contribution in [2.75, 3.05) is 0 Å². The zero-order valence-corrected chi connectivity index (χ0v) is 12.8. The minimum Gasteiger partial charge on any atom is -0.480 e. The van der Waals surface area contributed by atoms with Gasteiger partial charge in [-0.25, -0.2) is 9.59 Å². The Morgan fingerprint density at radius 2 is 2.05 bits per heavy atom. The van der Waals surface area contributed by atoms with E-state index in [1.165, 1.54) is 11.6 Å². The number of carbonyl (C=O) groups excluding carboxylic acids is 1. The lowest BCUT2D eigenvalue weighted by molar-refractivity contribution is -0.143. The topological polar surface area (TPSA) is 78.4 Å². The largest absolute Gasteiger partial charge is 0.480 e. The minimum atomic E-state index is -1.25. The predicted octanol–water partition coefficient (Wildman–Crippen LogP) is 2.95. The summed E-state index contributed by atoms with van der Waals surface area (Å²) in [4.78, 5) is 23.0. The Balaban J connectivity index is 2.00. The second kappa shape index (κ2) is 6.13. The third-order valence-electron chi connectivity index (χ3n) is 3.57. The Bertz CT molecular complexity index is 668. The fourth-order valence-electron chi connectivity index (χ4n) is 1.93. The smallest absolute Gasteiger partial charge is 0.329 e. The Hall–Kier alpha value is -2.08. The number of carboxylic acids is 1. The van der Waals surface area contributed by atoms with E-state index >= 15 is 0 Å². The van der Waals surface area contributed by atoms with Crippen LogP contribution in [0.2, 0.25) is 0 Å². The van der Waals surface area contributed by atoms with Crippen LogP contribution in [-0.4, -0.2) is 22.6 Å². The molecule has 0 bridgehead atoms. The van der Waals surface area contributed by atoms with Gasteiger partial charge in [0.1, 0.15) is 5.54 Å². The number of amides is 2. The number of nitrogens with one attached hydrogen (secondary N) is 2. The van der Waals surface area contributed by atoms with Gasteiger partial charge in [0.15, 0.2) is 0 Å². The van der Waals surface area contributed by atoms with E-state index in [-0.39, 0.29) is 0 Å². The predicted molar refractivity (Wildman–Crippen MR) is 83.5 cm³/mol. The first-order valence-corrected chi connectivity index (χ1v) is 7.59. The minimum absolute atomic E-state index is 0.317. The highest BCUT2D eigenvalue weighted by atomic mass is 32.1. The molecule has 0 aliphatic carbocycles. The lowest BCUT2D eigenvalue weighted by Gasteiger charge is -2.24. The lowest BCUT2D eigenvalue weighted by atomic mass is 10.00. The highest BCUT2D eigenvalue weighted by Crippen LogP contribution is 2.25. The molecule has 1 atom stereocenters. The summed E-state index contributed by atoms with van der Waals surface area (Å²) in [5.74, 6) is -1.04. The molecule has 6 heteroatoms. The Morgan fingerprint density at radius 1 is 1.33 bits per heavy atom. The molecule has 0 spiro atoms. The second-order valence-corrected chi connectivity index (χ2v) is 5.97. The first-order valence-electron chi connectivity index (χ1n) is 6.71. The molecular weight excluding hydrogens is 288 g/mol. The van der Waals surface area contributed by atoms with Crippen LogP contribution < -0.4 is 10.6 Å². The van der Waals surface area contributed by atoms with Gasteiger partial charge in [-0.3, -0.25) is 0 Å². The molecule has 0 radical (unpaired) electrons. The van der Waals surface area contributed by atoms with Crippen molar-refractivity contribution in [3.63, 3.8) is 0 Å². The maximum Gasteiger partial charge on any atom is 0.329 e. The molecular formula is C15H18N2O3S. The van der Waals surface area contributed by atoms with Crippen LogP contribution in [0.4, 0.5) is 4.79 Å². The normalized spacial score (nSPS) is 13.6. The van der Waals surface area contributed by atoms with Gasteiger partial charge in [-0.1, -0.05) is 25.1 Å². The number of hydrogen-bond donors (Lipinski definition) is 3. The summed E-state index contributed by atoms with van der Waals surface area (Å²) in [7, 11) is 0. The molecule has 1 heterocycles. The number of carboxylic acid groups (broad SMARTS) is 1. The standard InChI is InChI=1S/C15H18N2O3S/c1-3-15(2,13(18)19)17-14(20)16-8-10-9-21-12-7-5-4-6-11(10)12/h4-7,9H,3,8H2,1-2H3,(H,18,19)(H2,16,17,20). The number of thiophene rings is 1. The molecule has 0 saturated heterocycles. The molecule has 0 aliphatic rings. The van der Waals surface area contributed by atoms with Crippen molar-refractivity contribution in [1.82, 2.24) is 10.6 Å². The summed E-state index contributed by atoms with van der Waals surface area (Å²) < 4.78 is 1.17. The van der Waals surface area contributed by atoms with Crippen molar-refractivity contribution in [3.05, 3.63) is 35.2 Å². The first kappa shape index (κ1) is 15.3. The molecule has 1 aromatic heterocycles. The van der Waals surface area contributed by atoms with E-state index in [0.29, 0.717) is 13.0 Å². The van der Waals surface area contributed by atoms with E-state index in [0.717, 1.165) is 10.9 Å². The molecule has 0 fully saturated rings. The summed E-state index contributed by atoms with van der Waals surface area (Å²) in [6.45, 7) is 3.59. The fraction of sp³-hybridized carbons (Fsp3) is 0.333. The lowest BCUT2D eigenvalue weighted by Crippen LogP contribution is -2.54. The summed E-state index contributed by atoms with van der Waals surface area (Å²) in [5.41, 5.74) is -0.222. The number of benzene rings is 1. The van der Waals surface area contributed by atoms with Crippen LogP contribution in [0.3, 0.4) is 0 Å². The fourth-order valence-corrected chi connectivity index (χ4v) is 2.90.